The summed E-state index contributed by atoms with van der Waals surface area (Å²) in [5, 5.41) is 6.93. The standard InChI is InChI=1S/C32H48IN5O5/c1-21(2)28-35-30(43-36-28)37-17-13-24(14-18-37)22(3)15-19-41-25-11-9-23(10-12-25)20-26(34-31(40)42-32(4,5)6)29(39)38-16-7-8-27(38)33/h9-12,21-22,24,26-27H,7-8,13-20H2,1-6H3,(H,34,40)/t22-,26+,27+/m1/s1. The molecule has 1 N–H and O–H groups in total. The molecule has 2 aromatic rings. The second-order valence-corrected chi connectivity index (χ2v) is 14.6. The monoisotopic (exact) mass is 709 g/mol. The van der Waals surface area contributed by atoms with Crippen molar-refractivity contribution < 1.29 is 23.6 Å². The Bertz CT molecular complexity index is 1190. The van der Waals surface area contributed by atoms with Gasteiger partial charge in [-0.2, -0.15) is 4.98 Å². The van der Waals surface area contributed by atoms with Gasteiger partial charge in [0.25, 0.3) is 0 Å². The van der Waals surface area contributed by atoms with Crippen molar-refractivity contribution in [3.8, 4) is 5.75 Å². The van der Waals surface area contributed by atoms with Gasteiger partial charge >= 0.3 is 12.1 Å². The summed E-state index contributed by atoms with van der Waals surface area (Å²) in [7, 11) is 0. The number of nitrogens with one attached hydrogen (secondary N) is 1. The molecule has 2 saturated heterocycles. The van der Waals surface area contributed by atoms with Gasteiger partial charge in [0.05, 0.1) is 10.7 Å². The fourth-order valence-corrected chi connectivity index (χ4v) is 6.62. The van der Waals surface area contributed by atoms with E-state index in [1.54, 1.807) is 0 Å². The van der Waals surface area contributed by atoms with E-state index in [0.717, 1.165) is 62.3 Å². The summed E-state index contributed by atoms with van der Waals surface area (Å²) in [6.45, 7) is 15.1. The largest absolute Gasteiger partial charge is 0.494 e. The molecular weight excluding hydrogens is 661 g/mol. The van der Waals surface area contributed by atoms with Crippen molar-refractivity contribution in [3.63, 3.8) is 0 Å². The third kappa shape index (κ3) is 9.71. The molecule has 3 atom stereocenters. The quantitative estimate of drug-likeness (QED) is 0.164. The first-order chi connectivity index (χ1) is 20.4. The van der Waals surface area contributed by atoms with Crippen molar-refractivity contribution in [2.75, 3.05) is 31.1 Å². The van der Waals surface area contributed by atoms with E-state index in [1.165, 1.54) is 0 Å². The Hall–Kier alpha value is -2.57. The Kier molecular flexibility index (Phi) is 11.6. The third-order valence-corrected chi connectivity index (χ3v) is 9.51. The Balaban J connectivity index is 1.24. The second kappa shape index (κ2) is 14.9. The smallest absolute Gasteiger partial charge is 0.408 e. The number of ether oxygens (including phenoxy) is 2. The zero-order valence-electron chi connectivity index (χ0n) is 26.5. The lowest BCUT2D eigenvalue weighted by atomic mass is 9.84. The topological polar surface area (TPSA) is 110 Å². The molecule has 0 radical (unpaired) electrons. The fourth-order valence-electron chi connectivity index (χ4n) is 5.63. The molecule has 2 aliphatic heterocycles. The molecule has 0 aliphatic carbocycles. The number of benzene rings is 1. The fraction of sp³-hybridized carbons (Fsp3) is 0.688. The lowest BCUT2D eigenvalue weighted by Crippen LogP contribution is -2.51. The molecule has 43 heavy (non-hydrogen) atoms. The van der Waals surface area contributed by atoms with Crippen molar-refractivity contribution in [2.24, 2.45) is 11.8 Å². The molecule has 11 heteroatoms. The number of nitrogens with zero attached hydrogens (tertiary/aromatic N) is 4. The lowest BCUT2D eigenvalue weighted by molar-refractivity contribution is -0.132. The first kappa shape index (κ1) is 33.3. The average molecular weight is 710 g/mol. The molecule has 238 valence electrons. The van der Waals surface area contributed by atoms with Crippen molar-refractivity contribution in [2.45, 2.75) is 102 Å². The molecule has 3 heterocycles. The number of rotatable bonds is 11. The van der Waals surface area contributed by atoms with Crippen LogP contribution in [-0.4, -0.2) is 69.0 Å². The van der Waals surface area contributed by atoms with Gasteiger partial charge in [-0.3, -0.25) is 4.79 Å². The Labute approximate surface area is 269 Å². The van der Waals surface area contributed by atoms with Gasteiger partial charge in [-0.15, -0.1) is 0 Å². The van der Waals surface area contributed by atoms with Gasteiger partial charge in [-0.05, 0) is 82.4 Å². The summed E-state index contributed by atoms with van der Waals surface area (Å²) in [5.74, 6) is 2.95. The van der Waals surface area contributed by atoms with Gasteiger partial charge in [0.2, 0.25) is 5.91 Å². The van der Waals surface area contributed by atoms with E-state index in [0.29, 0.717) is 37.4 Å². The normalized spacial score (nSPS) is 19.4. The highest BCUT2D eigenvalue weighted by Crippen LogP contribution is 2.30. The number of piperidine rings is 1. The van der Waals surface area contributed by atoms with Crippen LogP contribution in [0, 0.1) is 11.8 Å². The molecule has 0 saturated carbocycles. The van der Waals surface area contributed by atoms with Crippen LogP contribution in [0.3, 0.4) is 0 Å². The van der Waals surface area contributed by atoms with E-state index < -0.39 is 17.7 Å². The van der Waals surface area contributed by atoms with Crippen LogP contribution >= 0.6 is 22.6 Å². The summed E-state index contributed by atoms with van der Waals surface area (Å²) < 4.78 is 17.2. The number of alkyl halides is 1. The Morgan fingerprint density at radius 3 is 2.37 bits per heavy atom. The van der Waals surface area contributed by atoms with E-state index >= 15 is 0 Å². The van der Waals surface area contributed by atoms with Crippen LogP contribution in [0.25, 0.3) is 0 Å². The van der Waals surface area contributed by atoms with Gasteiger partial charge < -0.3 is 29.1 Å². The van der Waals surface area contributed by atoms with E-state index in [9.17, 15) is 9.59 Å². The number of carbonyl (C=O) groups is 2. The molecular formula is C32H48IN5O5. The minimum atomic E-state index is -0.693. The molecule has 1 aromatic carbocycles. The van der Waals surface area contributed by atoms with Gasteiger partial charge in [-0.25, -0.2) is 4.79 Å². The van der Waals surface area contributed by atoms with Crippen LogP contribution < -0.4 is 15.0 Å². The van der Waals surface area contributed by atoms with Crippen LogP contribution in [0.15, 0.2) is 28.8 Å². The van der Waals surface area contributed by atoms with Gasteiger partial charge in [0.1, 0.15) is 17.4 Å². The van der Waals surface area contributed by atoms with Crippen LogP contribution in [-0.2, 0) is 16.0 Å². The molecule has 0 spiro atoms. The summed E-state index contributed by atoms with van der Waals surface area (Å²) in [5.41, 5.74) is 0.311. The van der Waals surface area contributed by atoms with Crippen LogP contribution in [0.1, 0.15) is 91.0 Å². The van der Waals surface area contributed by atoms with Gasteiger partial charge in [0.15, 0.2) is 5.82 Å². The molecule has 0 bridgehead atoms. The average Bonchev–Trinajstić information content (AvgIpc) is 3.62. The van der Waals surface area contributed by atoms with E-state index in [4.69, 9.17) is 14.0 Å². The number of halogens is 1. The second-order valence-electron chi connectivity index (χ2n) is 13.2. The highest BCUT2D eigenvalue weighted by molar-refractivity contribution is 14.1. The minimum Gasteiger partial charge on any atom is -0.494 e. The number of aromatic nitrogens is 2. The van der Waals surface area contributed by atoms with Crippen molar-refractivity contribution in [3.05, 3.63) is 35.7 Å². The number of anilines is 1. The first-order valence-electron chi connectivity index (χ1n) is 15.6. The van der Waals surface area contributed by atoms with E-state index in [-0.39, 0.29) is 15.9 Å². The first-order valence-corrected chi connectivity index (χ1v) is 16.9. The predicted octanol–water partition coefficient (Wildman–Crippen LogP) is 6.33. The number of hydrogen-bond donors (Lipinski definition) is 1. The van der Waals surface area contributed by atoms with Gasteiger partial charge in [-0.1, -0.05) is 60.7 Å². The van der Waals surface area contributed by atoms with Crippen LogP contribution in [0.4, 0.5) is 10.8 Å². The van der Waals surface area contributed by atoms with Gasteiger partial charge in [0, 0.05) is 32.0 Å². The molecule has 4 rings (SSSR count). The molecule has 2 aliphatic rings. The molecule has 1 aromatic heterocycles. The summed E-state index contributed by atoms with van der Waals surface area (Å²) in [6, 6.07) is 7.78. The maximum Gasteiger partial charge on any atom is 0.408 e. The SMILES string of the molecule is CC(C)c1noc(N2CCC([C@H](C)CCOc3ccc(C[C@H](NC(=O)OC(C)(C)C)C(=O)N4CCC[C@H]4I)cc3)CC2)n1. The third-order valence-electron chi connectivity index (χ3n) is 8.22. The maximum atomic E-state index is 13.4. The van der Waals surface area contributed by atoms with Crippen molar-refractivity contribution in [1.29, 1.82) is 0 Å². The number of carbonyl (C=O) groups excluding carboxylic acids is 2. The van der Waals surface area contributed by atoms with Crippen molar-refractivity contribution >= 4 is 40.6 Å². The number of alkyl carbamates (subject to hydrolysis) is 1. The highest BCUT2D eigenvalue weighted by atomic mass is 127. The van der Waals surface area contributed by atoms with Crippen LogP contribution in [0.5, 0.6) is 5.75 Å². The summed E-state index contributed by atoms with van der Waals surface area (Å²) >= 11 is 2.30. The Morgan fingerprint density at radius 2 is 1.79 bits per heavy atom. The number of likely N-dealkylation sites (tertiary alicyclic amines) is 1. The molecule has 2 amide bonds. The lowest BCUT2D eigenvalue weighted by Gasteiger charge is -2.33. The summed E-state index contributed by atoms with van der Waals surface area (Å²) in [4.78, 5) is 34.6. The van der Waals surface area contributed by atoms with Crippen molar-refractivity contribution in [1.82, 2.24) is 20.4 Å². The zero-order chi connectivity index (χ0) is 31.1. The highest BCUT2D eigenvalue weighted by Gasteiger charge is 2.33. The Morgan fingerprint density at radius 1 is 1.09 bits per heavy atom. The maximum absolute atomic E-state index is 13.4. The van der Waals surface area contributed by atoms with E-state index in [1.807, 2.05) is 49.9 Å². The molecule has 2 fully saturated rings. The van der Waals surface area contributed by atoms with E-state index in [2.05, 4.69) is 63.7 Å². The summed E-state index contributed by atoms with van der Waals surface area (Å²) in [6.07, 6.45) is 4.93. The zero-order valence-corrected chi connectivity index (χ0v) is 28.6. The molecule has 10 nitrogen and oxygen atoms in total. The molecule has 0 unspecified atom stereocenters. The van der Waals surface area contributed by atoms with Crippen LogP contribution in [0.2, 0.25) is 0 Å². The predicted molar refractivity (Wildman–Crippen MR) is 175 cm³/mol. The number of amides is 2. The minimum absolute atomic E-state index is 0.0692. The number of hydrogen-bond acceptors (Lipinski definition) is 8.